The van der Waals surface area contributed by atoms with Gasteiger partial charge in [-0.1, -0.05) is 146 Å². The second kappa shape index (κ2) is 14.5. The van der Waals surface area contributed by atoms with Crippen LogP contribution >= 0.6 is 22.7 Å². The molecular formula is C63H37N3OS2. The summed E-state index contributed by atoms with van der Waals surface area (Å²) in [7, 11) is 0. The molecule has 0 saturated carbocycles. The van der Waals surface area contributed by atoms with Crippen LogP contribution in [0.4, 0.5) is 0 Å². The predicted molar refractivity (Wildman–Crippen MR) is 297 cm³/mol. The zero-order valence-corrected chi connectivity index (χ0v) is 38.9. The monoisotopic (exact) mass is 915 g/mol. The number of nitrogens with zero attached hydrogens (tertiary/aromatic N) is 3. The number of hydrogen-bond acceptors (Lipinski definition) is 5. The molecule has 4 nitrogen and oxygen atoms in total. The highest BCUT2D eigenvalue weighted by Gasteiger charge is 2.27. The van der Waals surface area contributed by atoms with Crippen molar-refractivity contribution in [1.82, 2.24) is 14.5 Å². The Morgan fingerprint density at radius 3 is 1.96 bits per heavy atom. The molecule has 6 heteroatoms. The number of hydrogen-bond donors (Lipinski definition) is 0. The summed E-state index contributed by atoms with van der Waals surface area (Å²) < 4.78 is 14.7. The fourth-order valence-electron chi connectivity index (χ4n) is 11.1. The lowest BCUT2D eigenvalue weighted by Gasteiger charge is -2.15. The van der Waals surface area contributed by atoms with E-state index < -0.39 is 0 Å². The number of benzene rings is 10. The third-order valence-electron chi connectivity index (χ3n) is 14.3. The van der Waals surface area contributed by atoms with Gasteiger partial charge in [-0.25, -0.2) is 9.97 Å². The van der Waals surface area contributed by atoms with Gasteiger partial charge in [0, 0.05) is 72.8 Å². The van der Waals surface area contributed by atoms with Gasteiger partial charge in [-0.05, 0) is 100.0 Å². The molecule has 0 amide bonds. The largest absolute Gasteiger partial charge is 0.454 e. The van der Waals surface area contributed by atoms with E-state index in [0.717, 1.165) is 116 Å². The van der Waals surface area contributed by atoms with Crippen LogP contribution in [0.3, 0.4) is 0 Å². The Kier molecular flexibility index (Phi) is 8.15. The van der Waals surface area contributed by atoms with Crippen LogP contribution in [0.25, 0.3) is 145 Å². The van der Waals surface area contributed by atoms with E-state index in [0.29, 0.717) is 0 Å². The molecule has 0 N–H and O–H groups in total. The van der Waals surface area contributed by atoms with E-state index in [2.05, 4.69) is 206 Å². The van der Waals surface area contributed by atoms with Crippen molar-refractivity contribution in [2.75, 3.05) is 0 Å². The van der Waals surface area contributed by atoms with E-state index >= 15 is 0 Å². The number of thiophene rings is 2. The summed E-state index contributed by atoms with van der Waals surface area (Å²) in [6.45, 7) is 6.49. The Bertz CT molecular complexity index is 4770. The number of allylic oxidation sites excluding steroid dienone is 2. The summed E-state index contributed by atoms with van der Waals surface area (Å²) in [4.78, 5) is 11.4. The first kappa shape index (κ1) is 38.7. The van der Waals surface area contributed by atoms with Gasteiger partial charge in [-0.3, -0.25) is 4.57 Å². The Morgan fingerprint density at radius 1 is 0.551 bits per heavy atom. The van der Waals surface area contributed by atoms with Crippen LogP contribution in [0.2, 0.25) is 0 Å². The lowest BCUT2D eigenvalue weighted by atomic mass is 9.95. The van der Waals surface area contributed by atoms with Gasteiger partial charge in [-0.2, -0.15) is 0 Å². The van der Waals surface area contributed by atoms with Crippen LogP contribution in [0.5, 0.6) is 0 Å². The van der Waals surface area contributed by atoms with Crippen molar-refractivity contribution in [2.45, 2.75) is 6.92 Å². The van der Waals surface area contributed by atoms with Crippen molar-refractivity contribution in [3.05, 3.63) is 211 Å². The summed E-state index contributed by atoms with van der Waals surface area (Å²) in [5.74, 6) is 0.758. The van der Waals surface area contributed by atoms with Gasteiger partial charge in [0.2, 0.25) is 0 Å². The minimum atomic E-state index is 0.758. The minimum Gasteiger partial charge on any atom is -0.454 e. The molecule has 5 heterocycles. The summed E-state index contributed by atoms with van der Waals surface area (Å²) in [5.41, 5.74) is 11.6. The van der Waals surface area contributed by atoms with Gasteiger partial charge in [0.15, 0.2) is 11.4 Å². The lowest BCUT2D eigenvalue weighted by Crippen LogP contribution is -2.04. The van der Waals surface area contributed by atoms with E-state index in [-0.39, 0.29) is 0 Å². The van der Waals surface area contributed by atoms with Gasteiger partial charge >= 0.3 is 0 Å². The molecule has 0 atom stereocenters. The Hall–Kier alpha value is -8.42. The molecule has 15 aromatic rings. The van der Waals surface area contributed by atoms with Gasteiger partial charge < -0.3 is 4.42 Å². The van der Waals surface area contributed by atoms with Crippen LogP contribution in [0.1, 0.15) is 16.7 Å². The molecule has 5 aromatic heterocycles. The van der Waals surface area contributed by atoms with E-state index in [9.17, 15) is 0 Å². The third kappa shape index (κ3) is 5.61. The van der Waals surface area contributed by atoms with Crippen LogP contribution in [0, 0.1) is 6.92 Å². The van der Waals surface area contributed by atoms with E-state index in [1.807, 2.05) is 28.7 Å². The Morgan fingerprint density at radius 2 is 1.19 bits per heavy atom. The average molecular weight is 916 g/mol. The highest BCUT2D eigenvalue weighted by atomic mass is 32.1. The zero-order valence-electron chi connectivity index (χ0n) is 37.2. The SMILES string of the molecule is C=C/C(=C\c1cc2c(cc1C)oc1c2c2ccccc2c2c3ccccc3n(-c3nc4c(ccc5ccccc54)nc3-c3ccc4c(c3)sc3ccccc34)c12)c1ccc2c(c1)sc1ccccc12. The van der Waals surface area contributed by atoms with Crippen molar-refractivity contribution < 1.29 is 4.42 Å². The molecule has 0 unspecified atom stereocenters. The van der Waals surface area contributed by atoms with E-state index in [4.69, 9.17) is 14.4 Å². The van der Waals surface area contributed by atoms with Crippen molar-refractivity contribution >= 4 is 151 Å². The topological polar surface area (TPSA) is 43.9 Å². The minimum absolute atomic E-state index is 0.758. The molecule has 0 aliphatic carbocycles. The smallest absolute Gasteiger partial charge is 0.165 e. The maximum Gasteiger partial charge on any atom is 0.165 e. The Balaban J connectivity index is 1.03. The van der Waals surface area contributed by atoms with Crippen molar-refractivity contribution in [1.29, 1.82) is 0 Å². The fraction of sp³-hybridized carbons (Fsp3) is 0.0159. The number of aromatic nitrogens is 3. The summed E-state index contributed by atoms with van der Waals surface area (Å²) in [6, 6.07) is 65.7. The van der Waals surface area contributed by atoms with Gasteiger partial charge in [-0.15, -0.1) is 22.7 Å². The predicted octanol–water partition coefficient (Wildman–Crippen LogP) is 18.4. The molecule has 0 saturated heterocycles. The fourth-order valence-corrected chi connectivity index (χ4v) is 13.3. The average Bonchev–Trinajstić information content (AvgIpc) is 4.16. The second-order valence-corrected chi connectivity index (χ2v) is 20.3. The van der Waals surface area contributed by atoms with E-state index in [1.54, 1.807) is 0 Å². The maximum atomic E-state index is 7.28. The van der Waals surface area contributed by atoms with Crippen LogP contribution in [-0.4, -0.2) is 14.5 Å². The van der Waals surface area contributed by atoms with Crippen molar-refractivity contribution in [3.63, 3.8) is 0 Å². The molecule has 0 spiro atoms. The molecule has 322 valence electrons. The number of furan rings is 1. The van der Waals surface area contributed by atoms with Gasteiger partial charge in [0.1, 0.15) is 11.3 Å². The molecule has 0 radical (unpaired) electrons. The lowest BCUT2D eigenvalue weighted by molar-refractivity contribution is 0.670. The molecule has 0 fully saturated rings. The van der Waals surface area contributed by atoms with Crippen molar-refractivity contribution in [2.24, 2.45) is 0 Å². The quantitative estimate of drug-likeness (QED) is 0.0981. The molecule has 15 rings (SSSR count). The first-order valence-corrected chi connectivity index (χ1v) is 24.9. The van der Waals surface area contributed by atoms with Crippen LogP contribution in [0.15, 0.2) is 199 Å². The molecule has 0 aliphatic heterocycles. The number of rotatable bonds is 5. The van der Waals surface area contributed by atoms with Gasteiger partial charge in [0.25, 0.3) is 0 Å². The van der Waals surface area contributed by atoms with E-state index in [1.165, 1.54) is 40.3 Å². The third-order valence-corrected chi connectivity index (χ3v) is 16.5. The van der Waals surface area contributed by atoms with Crippen molar-refractivity contribution in [3.8, 4) is 17.1 Å². The summed E-state index contributed by atoms with van der Waals surface area (Å²) in [6.07, 6.45) is 4.26. The number of aryl methyl sites for hydroxylation is 1. The molecular weight excluding hydrogens is 879 g/mol. The normalized spacial score (nSPS) is 12.6. The highest BCUT2D eigenvalue weighted by molar-refractivity contribution is 7.26. The molecule has 0 aliphatic rings. The molecule has 10 aromatic carbocycles. The standard InChI is InChI=1S/C63H37N3OS2/c1-3-36(38-24-27-44-42-16-9-12-22-53(42)68-55(44)33-38)31-40-32-49-52(30-35(40)2)67-62-58(49)47-19-7-6-18-46(47)57-48-20-8-11-21-51(48)66(61(57)62)63-59(64-50-29-26-37-14-4-5-15-41(37)60(50)65-63)39-25-28-45-43-17-10-13-23-54(43)69-56(45)34-39/h3-34H,1H2,2H3/b36-31+. The second-order valence-electron chi connectivity index (χ2n) is 18.1. The highest BCUT2D eigenvalue weighted by Crippen LogP contribution is 2.48. The maximum absolute atomic E-state index is 7.28. The zero-order chi connectivity index (χ0) is 45.5. The van der Waals surface area contributed by atoms with Crippen LogP contribution < -0.4 is 0 Å². The van der Waals surface area contributed by atoms with Gasteiger partial charge in [0.05, 0.1) is 22.1 Å². The molecule has 0 bridgehead atoms. The summed E-state index contributed by atoms with van der Waals surface area (Å²) in [5, 5.41) is 14.0. The van der Waals surface area contributed by atoms with Crippen LogP contribution in [-0.2, 0) is 0 Å². The number of para-hydroxylation sites is 1. The Labute approximate surface area is 402 Å². The summed E-state index contributed by atoms with van der Waals surface area (Å²) >= 11 is 3.66. The molecule has 69 heavy (non-hydrogen) atoms. The first-order chi connectivity index (χ1) is 34.1. The number of fused-ring (bicyclic) bond motifs is 19. The first-order valence-electron chi connectivity index (χ1n) is 23.2.